The van der Waals surface area contributed by atoms with Gasteiger partial charge in [0.25, 0.3) is 5.56 Å². The van der Waals surface area contributed by atoms with Gasteiger partial charge in [-0.25, -0.2) is 0 Å². The van der Waals surface area contributed by atoms with Crippen LogP contribution in [-0.4, -0.2) is 26.0 Å². The van der Waals surface area contributed by atoms with Crippen LogP contribution in [0.5, 0.6) is 0 Å². The maximum absolute atomic E-state index is 12.1. The molecule has 8 heteroatoms. The van der Waals surface area contributed by atoms with E-state index in [2.05, 4.69) is 15.5 Å². The van der Waals surface area contributed by atoms with Crippen LogP contribution in [0.2, 0.25) is 0 Å². The molecule has 1 aromatic carbocycles. The second-order valence-electron chi connectivity index (χ2n) is 4.36. The fourth-order valence-corrected chi connectivity index (χ4v) is 2.29. The van der Waals surface area contributed by atoms with Gasteiger partial charge in [-0.2, -0.15) is 4.68 Å². The van der Waals surface area contributed by atoms with Crippen molar-refractivity contribution in [3.05, 3.63) is 46.4 Å². The number of amides is 1. The van der Waals surface area contributed by atoms with Gasteiger partial charge in [-0.3, -0.25) is 9.59 Å². The highest BCUT2D eigenvalue weighted by atomic mass is 32.2. The van der Waals surface area contributed by atoms with Crippen LogP contribution in [0.3, 0.4) is 0 Å². The van der Waals surface area contributed by atoms with Gasteiger partial charge in [0.2, 0.25) is 11.1 Å². The van der Waals surface area contributed by atoms with E-state index in [0.717, 1.165) is 16.4 Å². The molecule has 0 aliphatic rings. The summed E-state index contributed by atoms with van der Waals surface area (Å²) in [7, 11) is 0. The van der Waals surface area contributed by atoms with Gasteiger partial charge in [-0.05, 0) is 26.0 Å². The van der Waals surface area contributed by atoms with Crippen LogP contribution in [0.4, 0.5) is 5.69 Å². The van der Waals surface area contributed by atoms with Gasteiger partial charge < -0.3 is 11.2 Å². The van der Waals surface area contributed by atoms with Crippen molar-refractivity contribution in [2.45, 2.75) is 24.3 Å². The second kappa shape index (κ2) is 6.40. The number of thioether (sulfide) groups is 1. The molecule has 0 unspecified atom stereocenters. The molecular formula is C13H15N5O2S. The number of nitrogen functional groups attached to an aromatic ring is 1. The molecule has 7 nitrogen and oxygen atoms in total. The topological polar surface area (TPSA) is 103 Å². The lowest BCUT2D eigenvalue weighted by atomic mass is 10.3. The first-order valence-electron chi connectivity index (χ1n) is 6.23. The molecule has 0 fully saturated rings. The molecule has 0 saturated heterocycles. The number of hydrogen-bond donors (Lipinski definition) is 2. The number of nitrogens with zero attached hydrogens (tertiary/aromatic N) is 3. The monoisotopic (exact) mass is 305 g/mol. The molecule has 0 bridgehead atoms. The maximum Gasteiger partial charge on any atom is 0.294 e. The van der Waals surface area contributed by atoms with Gasteiger partial charge in [0.1, 0.15) is 5.69 Å². The van der Waals surface area contributed by atoms with Crippen LogP contribution in [0.15, 0.2) is 40.3 Å². The molecule has 2 rings (SSSR count). The Labute approximate surface area is 125 Å². The van der Waals surface area contributed by atoms with E-state index in [1.165, 1.54) is 6.92 Å². The van der Waals surface area contributed by atoms with Gasteiger partial charge in [-0.1, -0.05) is 30.0 Å². The Bertz CT molecular complexity index is 701. The predicted molar refractivity (Wildman–Crippen MR) is 81.6 cm³/mol. The predicted octanol–water partition coefficient (Wildman–Crippen LogP) is 0.780. The Balaban J connectivity index is 2.08. The van der Waals surface area contributed by atoms with E-state index >= 15 is 0 Å². The van der Waals surface area contributed by atoms with Crippen molar-refractivity contribution in [3.8, 4) is 0 Å². The molecule has 1 atom stereocenters. The maximum atomic E-state index is 12.1. The van der Waals surface area contributed by atoms with E-state index in [9.17, 15) is 9.59 Å². The van der Waals surface area contributed by atoms with Crippen LogP contribution in [-0.2, 0) is 4.79 Å². The summed E-state index contributed by atoms with van der Waals surface area (Å²) in [6.07, 6.45) is 0. The minimum atomic E-state index is -0.476. The molecule has 0 saturated carbocycles. The number of hydrogen-bond acceptors (Lipinski definition) is 6. The summed E-state index contributed by atoms with van der Waals surface area (Å²) in [5.41, 5.74) is 0.487. The van der Waals surface area contributed by atoms with Gasteiger partial charge in [0, 0.05) is 5.69 Å². The zero-order valence-electron chi connectivity index (χ0n) is 11.6. The number of aromatic nitrogens is 3. The number of nitrogens with two attached hydrogens (primary N) is 1. The summed E-state index contributed by atoms with van der Waals surface area (Å²) < 4.78 is 0.902. The number of aryl methyl sites for hydroxylation is 1. The molecule has 1 amide bonds. The van der Waals surface area contributed by atoms with Crippen LogP contribution < -0.4 is 16.7 Å². The molecular weight excluding hydrogens is 290 g/mol. The van der Waals surface area contributed by atoms with E-state index < -0.39 is 10.8 Å². The Morgan fingerprint density at radius 3 is 2.67 bits per heavy atom. The molecule has 2 aromatic rings. The first-order chi connectivity index (χ1) is 9.99. The number of nitrogens with one attached hydrogen (secondary N) is 1. The highest BCUT2D eigenvalue weighted by molar-refractivity contribution is 8.00. The molecule has 110 valence electrons. The van der Waals surface area contributed by atoms with E-state index in [-0.39, 0.29) is 16.8 Å². The number of carbonyl (C=O) groups excluding carboxylic acids is 1. The summed E-state index contributed by atoms with van der Waals surface area (Å²) in [4.78, 5) is 23.7. The molecule has 21 heavy (non-hydrogen) atoms. The van der Waals surface area contributed by atoms with Crippen LogP contribution in [0.1, 0.15) is 12.6 Å². The lowest BCUT2D eigenvalue weighted by Crippen LogP contribution is -2.33. The Morgan fingerprint density at radius 2 is 2.00 bits per heavy atom. The third-order valence-electron chi connectivity index (χ3n) is 2.71. The Hall–Kier alpha value is -2.35. The quantitative estimate of drug-likeness (QED) is 0.639. The van der Waals surface area contributed by atoms with E-state index in [1.807, 2.05) is 18.2 Å². The van der Waals surface area contributed by atoms with E-state index in [0.29, 0.717) is 5.69 Å². The second-order valence-corrected chi connectivity index (χ2v) is 5.67. The molecule has 0 aliphatic carbocycles. The normalized spacial score (nSPS) is 11.9. The summed E-state index contributed by atoms with van der Waals surface area (Å²) >= 11 is 1.07. The number of rotatable bonds is 4. The van der Waals surface area contributed by atoms with Gasteiger partial charge in [-0.15, -0.1) is 10.2 Å². The molecule has 1 aromatic heterocycles. The molecule has 0 radical (unpaired) electrons. The average Bonchev–Trinajstić information content (AvgIpc) is 2.48. The van der Waals surface area contributed by atoms with Gasteiger partial charge in [0.15, 0.2) is 0 Å². The highest BCUT2D eigenvalue weighted by Gasteiger charge is 2.18. The van der Waals surface area contributed by atoms with Crippen molar-refractivity contribution in [1.29, 1.82) is 0 Å². The molecule has 0 aliphatic heterocycles. The lowest BCUT2D eigenvalue weighted by Gasteiger charge is -2.12. The summed E-state index contributed by atoms with van der Waals surface area (Å²) in [6, 6.07) is 9.11. The third kappa shape index (κ3) is 3.60. The van der Waals surface area contributed by atoms with Crippen molar-refractivity contribution >= 4 is 23.4 Å². The smallest absolute Gasteiger partial charge is 0.294 e. The Morgan fingerprint density at radius 1 is 1.33 bits per heavy atom. The van der Waals surface area contributed by atoms with Crippen molar-refractivity contribution in [2.24, 2.45) is 0 Å². The summed E-state index contributed by atoms with van der Waals surface area (Å²) in [6.45, 7) is 3.23. The minimum Gasteiger partial charge on any atom is -0.334 e. The number of anilines is 1. The van der Waals surface area contributed by atoms with Crippen molar-refractivity contribution in [3.63, 3.8) is 0 Å². The Kier molecular flexibility index (Phi) is 4.59. The summed E-state index contributed by atoms with van der Waals surface area (Å²) in [5, 5.41) is 10.1. The first kappa shape index (κ1) is 15.0. The zero-order chi connectivity index (χ0) is 15.4. The third-order valence-corrected chi connectivity index (χ3v) is 3.77. The van der Waals surface area contributed by atoms with Crippen molar-refractivity contribution in [1.82, 2.24) is 14.9 Å². The fourth-order valence-electron chi connectivity index (χ4n) is 1.53. The summed E-state index contributed by atoms with van der Waals surface area (Å²) in [5.74, 6) is 5.43. The SMILES string of the molecule is Cc1nnc(S[C@@H](C)C(=O)Nc2ccccc2)n(N)c1=O. The zero-order valence-corrected chi connectivity index (χ0v) is 12.4. The van der Waals surface area contributed by atoms with E-state index in [4.69, 9.17) is 5.84 Å². The van der Waals surface area contributed by atoms with Crippen LogP contribution in [0.25, 0.3) is 0 Å². The van der Waals surface area contributed by atoms with E-state index in [1.54, 1.807) is 19.1 Å². The standard InChI is InChI=1S/C13H15N5O2S/c1-8-12(20)18(14)13(17-16-8)21-9(2)11(19)15-10-6-4-3-5-7-10/h3-7,9H,14H2,1-2H3,(H,15,19)/t9-/m0/s1. The number of carbonyl (C=O) groups is 1. The van der Waals surface area contributed by atoms with Gasteiger partial charge >= 0.3 is 0 Å². The average molecular weight is 305 g/mol. The number of benzene rings is 1. The van der Waals surface area contributed by atoms with Gasteiger partial charge in [0.05, 0.1) is 5.25 Å². The van der Waals surface area contributed by atoms with Crippen LogP contribution >= 0.6 is 11.8 Å². The first-order valence-corrected chi connectivity index (χ1v) is 7.11. The van der Waals surface area contributed by atoms with Crippen molar-refractivity contribution in [2.75, 3.05) is 11.2 Å². The molecule has 0 spiro atoms. The fraction of sp³-hybridized carbons (Fsp3) is 0.231. The lowest BCUT2D eigenvalue weighted by molar-refractivity contribution is -0.115. The van der Waals surface area contributed by atoms with Crippen molar-refractivity contribution < 1.29 is 4.79 Å². The largest absolute Gasteiger partial charge is 0.334 e. The molecule has 3 N–H and O–H groups in total. The van der Waals surface area contributed by atoms with Crippen LogP contribution in [0, 0.1) is 6.92 Å². The minimum absolute atomic E-state index is 0.196. The molecule has 1 heterocycles. The highest BCUT2D eigenvalue weighted by Crippen LogP contribution is 2.20. The number of para-hydroxylation sites is 1.